The summed E-state index contributed by atoms with van der Waals surface area (Å²) in [6.45, 7) is 3.97. The number of nitrogens with one attached hydrogen (secondary N) is 1. The summed E-state index contributed by atoms with van der Waals surface area (Å²) in [5, 5.41) is 0. The number of amides is 1. The molecule has 1 heterocycles. The van der Waals surface area contributed by atoms with Crippen LogP contribution in [-0.2, 0) is 21.2 Å². The molecule has 0 aliphatic carbocycles. The lowest BCUT2D eigenvalue weighted by atomic mass is 10.1. The highest BCUT2D eigenvalue weighted by atomic mass is 32.2. The molecule has 0 spiro atoms. The van der Waals surface area contributed by atoms with Gasteiger partial charge in [0.15, 0.2) is 0 Å². The van der Waals surface area contributed by atoms with Gasteiger partial charge in [-0.2, -0.15) is 0 Å². The maximum atomic E-state index is 12.8. The number of benzene rings is 2. The maximum Gasteiger partial charge on any atom is 0.240 e. The topological polar surface area (TPSA) is 66.5 Å². The fraction of sp³-hybridized carbons (Fsp3) is 0.350. The molecule has 1 aliphatic rings. The van der Waals surface area contributed by atoms with E-state index >= 15 is 0 Å². The summed E-state index contributed by atoms with van der Waals surface area (Å²) >= 11 is 1.64. The van der Waals surface area contributed by atoms with Gasteiger partial charge in [-0.25, -0.2) is 13.1 Å². The number of rotatable bonds is 6. The summed E-state index contributed by atoms with van der Waals surface area (Å²) in [7, 11) is -3.64. The number of sulfonamides is 1. The lowest BCUT2D eigenvalue weighted by Gasteiger charge is -2.28. The van der Waals surface area contributed by atoms with Crippen LogP contribution in [0, 0.1) is 0 Å². The van der Waals surface area contributed by atoms with E-state index in [1.807, 2.05) is 37.3 Å². The van der Waals surface area contributed by atoms with Crippen LogP contribution in [0.3, 0.4) is 0 Å². The number of aryl methyl sites for hydroxylation is 1. The zero-order valence-electron chi connectivity index (χ0n) is 15.5. The Labute approximate surface area is 165 Å². The largest absolute Gasteiger partial charge is 0.311 e. The van der Waals surface area contributed by atoms with Gasteiger partial charge in [-0.15, -0.1) is 11.8 Å². The van der Waals surface area contributed by atoms with Crippen LogP contribution in [0.2, 0.25) is 0 Å². The lowest BCUT2D eigenvalue weighted by Crippen LogP contribution is -2.35. The molecular formula is C20H24N2O3S2. The Morgan fingerprint density at radius 1 is 1.22 bits per heavy atom. The fourth-order valence-corrected chi connectivity index (χ4v) is 5.38. The van der Waals surface area contributed by atoms with Gasteiger partial charge in [-0.05, 0) is 43.5 Å². The molecule has 2 aromatic carbocycles. The molecule has 144 valence electrons. The number of carbonyl (C=O) groups is 1. The SMILES string of the molecule is CC(=O)N1CCSc2ccc(S(=O)(=O)NC(C)CCc3ccccc3)cc21. The van der Waals surface area contributed by atoms with E-state index in [9.17, 15) is 13.2 Å². The van der Waals surface area contributed by atoms with Crippen molar-refractivity contribution in [2.24, 2.45) is 0 Å². The van der Waals surface area contributed by atoms with Crippen LogP contribution in [-0.4, -0.2) is 32.7 Å². The van der Waals surface area contributed by atoms with Crippen molar-refractivity contribution in [3.8, 4) is 0 Å². The first-order chi connectivity index (χ1) is 12.9. The molecule has 0 saturated carbocycles. The van der Waals surface area contributed by atoms with Crippen LogP contribution in [0.5, 0.6) is 0 Å². The standard InChI is InChI=1S/C20H24N2O3S2/c1-15(8-9-17-6-4-3-5-7-17)21-27(24,25)18-10-11-20-19(14-18)22(16(2)23)12-13-26-20/h3-7,10-11,14-15,21H,8-9,12-13H2,1-2H3. The lowest BCUT2D eigenvalue weighted by molar-refractivity contribution is -0.116. The molecular weight excluding hydrogens is 380 g/mol. The highest BCUT2D eigenvalue weighted by molar-refractivity contribution is 7.99. The maximum absolute atomic E-state index is 12.8. The fourth-order valence-electron chi connectivity index (χ4n) is 3.11. The van der Waals surface area contributed by atoms with Gasteiger partial charge in [0.2, 0.25) is 15.9 Å². The van der Waals surface area contributed by atoms with Gasteiger partial charge in [0.1, 0.15) is 0 Å². The Balaban J connectivity index is 1.73. The van der Waals surface area contributed by atoms with E-state index in [0.29, 0.717) is 18.7 Å². The first kappa shape index (κ1) is 19.9. The molecule has 0 fully saturated rings. The predicted molar refractivity (Wildman–Crippen MR) is 110 cm³/mol. The Kier molecular flexibility index (Phi) is 6.24. The quantitative estimate of drug-likeness (QED) is 0.801. The Morgan fingerprint density at radius 2 is 1.96 bits per heavy atom. The second kappa shape index (κ2) is 8.46. The van der Waals surface area contributed by atoms with E-state index in [2.05, 4.69) is 4.72 Å². The van der Waals surface area contributed by atoms with Gasteiger partial charge >= 0.3 is 0 Å². The number of thioether (sulfide) groups is 1. The van der Waals surface area contributed by atoms with Gasteiger partial charge in [0.05, 0.1) is 10.6 Å². The number of nitrogens with zero attached hydrogens (tertiary/aromatic N) is 1. The van der Waals surface area contributed by atoms with Gasteiger partial charge in [0.25, 0.3) is 0 Å². The number of hydrogen-bond donors (Lipinski definition) is 1. The predicted octanol–water partition coefficient (Wildman–Crippen LogP) is 3.44. The number of hydrogen-bond acceptors (Lipinski definition) is 4. The van der Waals surface area contributed by atoms with Crippen molar-refractivity contribution in [1.82, 2.24) is 4.72 Å². The second-order valence-corrected chi connectivity index (χ2v) is 9.55. The molecule has 1 unspecified atom stereocenters. The van der Waals surface area contributed by atoms with Crippen molar-refractivity contribution >= 4 is 33.4 Å². The third-order valence-electron chi connectivity index (χ3n) is 4.55. The molecule has 1 aliphatic heterocycles. The van der Waals surface area contributed by atoms with Crippen LogP contribution < -0.4 is 9.62 Å². The molecule has 0 bridgehead atoms. The van der Waals surface area contributed by atoms with Gasteiger partial charge in [-0.1, -0.05) is 30.3 Å². The van der Waals surface area contributed by atoms with E-state index in [4.69, 9.17) is 0 Å². The van der Waals surface area contributed by atoms with Gasteiger partial charge in [0, 0.05) is 30.2 Å². The Bertz CT molecular complexity index is 914. The van der Waals surface area contributed by atoms with E-state index in [1.165, 1.54) is 12.5 Å². The number of fused-ring (bicyclic) bond motifs is 1. The normalized spacial score (nSPS) is 15.3. The summed E-state index contributed by atoms with van der Waals surface area (Å²) in [5.41, 5.74) is 1.87. The summed E-state index contributed by atoms with van der Waals surface area (Å²) in [5.74, 6) is 0.739. The Hall–Kier alpha value is -1.83. The first-order valence-corrected chi connectivity index (χ1v) is 11.4. The molecule has 2 aromatic rings. The van der Waals surface area contributed by atoms with Crippen molar-refractivity contribution in [2.45, 2.75) is 42.5 Å². The minimum absolute atomic E-state index is 0.0738. The molecule has 27 heavy (non-hydrogen) atoms. The number of anilines is 1. The second-order valence-electron chi connectivity index (χ2n) is 6.70. The van der Waals surface area contributed by atoms with E-state index in [-0.39, 0.29) is 16.8 Å². The highest BCUT2D eigenvalue weighted by Gasteiger charge is 2.24. The molecule has 1 N–H and O–H groups in total. The van der Waals surface area contributed by atoms with Crippen LogP contribution in [0.15, 0.2) is 58.3 Å². The van der Waals surface area contributed by atoms with Crippen molar-refractivity contribution in [3.63, 3.8) is 0 Å². The smallest absolute Gasteiger partial charge is 0.240 e. The molecule has 3 rings (SSSR count). The molecule has 0 aromatic heterocycles. The molecule has 5 nitrogen and oxygen atoms in total. The third kappa shape index (κ3) is 4.91. The zero-order chi connectivity index (χ0) is 19.4. The minimum Gasteiger partial charge on any atom is -0.311 e. The van der Waals surface area contributed by atoms with Gasteiger partial charge < -0.3 is 4.90 Å². The summed E-state index contributed by atoms with van der Waals surface area (Å²) in [6.07, 6.45) is 1.52. The summed E-state index contributed by atoms with van der Waals surface area (Å²) < 4.78 is 28.3. The van der Waals surface area contributed by atoms with Crippen molar-refractivity contribution in [2.75, 3.05) is 17.2 Å². The van der Waals surface area contributed by atoms with E-state index < -0.39 is 10.0 Å². The molecule has 0 saturated heterocycles. The molecule has 0 radical (unpaired) electrons. The van der Waals surface area contributed by atoms with Crippen molar-refractivity contribution in [1.29, 1.82) is 0 Å². The first-order valence-electron chi connectivity index (χ1n) is 8.98. The molecule has 1 amide bonds. The van der Waals surface area contributed by atoms with Crippen molar-refractivity contribution < 1.29 is 13.2 Å². The van der Waals surface area contributed by atoms with Gasteiger partial charge in [-0.3, -0.25) is 4.79 Å². The molecule has 1 atom stereocenters. The zero-order valence-corrected chi connectivity index (χ0v) is 17.1. The highest BCUT2D eigenvalue weighted by Crippen LogP contribution is 2.36. The van der Waals surface area contributed by atoms with Crippen LogP contribution in [0.1, 0.15) is 25.8 Å². The van der Waals surface area contributed by atoms with E-state index in [0.717, 1.165) is 17.1 Å². The molecule has 7 heteroatoms. The van der Waals surface area contributed by atoms with Crippen molar-refractivity contribution in [3.05, 3.63) is 54.1 Å². The average Bonchev–Trinajstić information content (AvgIpc) is 2.66. The third-order valence-corrected chi connectivity index (χ3v) is 7.18. The summed E-state index contributed by atoms with van der Waals surface area (Å²) in [4.78, 5) is 14.6. The summed E-state index contributed by atoms with van der Waals surface area (Å²) in [6, 6.07) is 14.8. The van der Waals surface area contributed by atoms with E-state index in [1.54, 1.807) is 34.9 Å². The van der Waals surface area contributed by atoms with Crippen LogP contribution in [0.4, 0.5) is 5.69 Å². The monoisotopic (exact) mass is 404 g/mol. The van der Waals surface area contributed by atoms with Crippen LogP contribution >= 0.6 is 11.8 Å². The number of carbonyl (C=O) groups excluding carboxylic acids is 1. The Morgan fingerprint density at radius 3 is 2.67 bits per heavy atom. The average molecular weight is 405 g/mol. The minimum atomic E-state index is -3.64. The van der Waals surface area contributed by atoms with Crippen LogP contribution in [0.25, 0.3) is 0 Å².